The Bertz CT molecular complexity index is 1050. The van der Waals surface area contributed by atoms with E-state index < -0.39 is 10.7 Å². The van der Waals surface area contributed by atoms with Gasteiger partial charge in [-0.25, -0.2) is 0 Å². The van der Waals surface area contributed by atoms with Crippen LogP contribution >= 0.6 is 11.6 Å². The van der Waals surface area contributed by atoms with E-state index in [0.717, 1.165) is 5.56 Å². The minimum absolute atomic E-state index is 0.0234. The summed E-state index contributed by atoms with van der Waals surface area (Å²) in [6.07, 6.45) is 2.71. The molecule has 0 saturated heterocycles. The lowest BCUT2D eigenvalue weighted by Crippen LogP contribution is -2.00. The maximum absolute atomic E-state index is 12.3. The van der Waals surface area contributed by atoms with Crippen LogP contribution in [-0.4, -0.2) is 10.7 Å². The molecule has 0 atom stereocenters. The molecule has 0 aliphatic carbocycles. The van der Waals surface area contributed by atoms with Crippen molar-refractivity contribution in [2.45, 2.75) is 13.5 Å². The number of nitro groups is 1. The molecule has 0 fully saturated rings. The summed E-state index contributed by atoms with van der Waals surface area (Å²) in [6, 6.07) is 14.6. The highest BCUT2D eigenvalue weighted by molar-refractivity contribution is 6.31. The third-order valence-electron chi connectivity index (χ3n) is 4.04. The molecule has 0 unspecified atom stereocenters. The first-order valence-corrected chi connectivity index (χ1v) is 8.76. The number of rotatable bonds is 7. The largest absolute Gasteiger partial charge is 0.485 e. The fourth-order valence-electron chi connectivity index (χ4n) is 2.54. The van der Waals surface area contributed by atoms with E-state index in [1.807, 2.05) is 13.0 Å². The van der Waals surface area contributed by atoms with Gasteiger partial charge < -0.3 is 9.15 Å². The Hall–Kier alpha value is -3.38. The standard InChI is InChI=1S/C21H16ClNO5/c1-14-18(22)6-4-8-21(14)27-13-16-10-9-15(28-16)11-12-20(24)17-5-2-3-7-19(17)23(25)26/h2-12H,13H2,1H3/b12-11+. The van der Waals surface area contributed by atoms with Crippen LogP contribution in [0.1, 0.15) is 27.4 Å². The molecule has 1 heterocycles. The molecule has 0 saturated carbocycles. The summed E-state index contributed by atoms with van der Waals surface area (Å²) in [5.41, 5.74) is 0.628. The molecule has 7 heteroatoms. The van der Waals surface area contributed by atoms with Crippen molar-refractivity contribution in [3.8, 4) is 5.75 Å². The molecule has 3 aromatic rings. The lowest BCUT2D eigenvalue weighted by molar-refractivity contribution is -0.385. The predicted molar refractivity (Wildman–Crippen MR) is 106 cm³/mol. The van der Waals surface area contributed by atoms with E-state index in [1.54, 1.807) is 30.3 Å². The highest BCUT2D eigenvalue weighted by Gasteiger charge is 2.17. The second kappa shape index (κ2) is 8.54. The molecule has 0 amide bonds. The number of allylic oxidation sites excluding steroid dienone is 1. The Morgan fingerprint density at radius 3 is 2.75 bits per heavy atom. The van der Waals surface area contributed by atoms with Crippen molar-refractivity contribution in [2.75, 3.05) is 0 Å². The first-order chi connectivity index (χ1) is 13.5. The van der Waals surface area contributed by atoms with Crippen molar-refractivity contribution in [2.24, 2.45) is 0 Å². The number of nitrogens with zero attached hydrogens (tertiary/aromatic N) is 1. The summed E-state index contributed by atoms with van der Waals surface area (Å²) in [5, 5.41) is 11.6. The van der Waals surface area contributed by atoms with Crippen molar-refractivity contribution in [3.05, 3.63) is 98.5 Å². The normalized spacial score (nSPS) is 10.9. The number of para-hydroxylation sites is 1. The van der Waals surface area contributed by atoms with E-state index in [0.29, 0.717) is 22.3 Å². The Labute approximate surface area is 166 Å². The van der Waals surface area contributed by atoms with E-state index in [-0.39, 0.29) is 17.9 Å². The maximum Gasteiger partial charge on any atom is 0.280 e. The van der Waals surface area contributed by atoms with Gasteiger partial charge in [-0.1, -0.05) is 29.8 Å². The summed E-state index contributed by atoms with van der Waals surface area (Å²) < 4.78 is 11.3. The van der Waals surface area contributed by atoms with Crippen LogP contribution in [0.15, 0.2) is 65.1 Å². The van der Waals surface area contributed by atoms with E-state index in [2.05, 4.69) is 0 Å². The van der Waals surface area contributed by atoms with E-state index in [1.165, 1.54) is 30.4 Å². The van der Waals surface area contributed by atoms with Gasteiger partial charge in [0.25, 0.3) is 5.69 Å². The molecule has 6 nitrogen and oxygen atoms in total. The van der Waals surface area contributed by atoms with Crippen LogP contribution in [0.25, 0.3) is 6.08 Å². The van der Waals surface area contributed by atoms with Gasteiger partial charge in [0.1, 0.15) is 23.9 Å². The summed E-state index contributed by atoms with van der Waals surface area (Å²) in [7, 11) is 0. The second-order valence-electron chi connectivity index (χ2n) is 5.93. The highest BCUT2D eigenvalue weighted by atomic mass is 35.5. The zero-order valence-corrected chi connectivity index (χ0v) is 15.7. The van der Waals surface area contributed by atoms with E-state index in [4.69, 9.17) is 20.8 Å². The summed E-state index contributed by atoms with van der Waals surface area (Å²) >= 11 is 6.07. The molecule has 0 bridgehead atoms. The smallest absolute Gasteiger partial charge is 0.280 e. The number of nitro benzene ring substituents is 1. The second-order valence-corrected chi connectivity index (χ2v) is 6.33. The van der Waals surface area contributed by atoms with Gasteiger partial charge in [-0.15, -0.1) is 0 Å². The summed E-state index contributed by atoms with van der Waals surface area (Å²) in [6.45, 7) is 2.06. The van der Waals surface area contributed by atoms with Gasteiger partial charge in [0, 0.05) is 16.7 Å². The number of furan rings is 1. The van der Waals surface area contributed by atoms with E-state index in [9.17, 15) is 14.9 Å². The first-order valence-electron chi connectivity index (χ1n) is 8.38. The van der Waals surface area contributed by atoms with Crippen LogP contribution in [0, 0.1) is 17.0 Å². The van der Waals surface area contributed by atoms with Crippen molar-refractivity contribution in [1.82, 2.24) is 0 Å². The average molecular weight is 398 g/mol. The molecule has 0 aliphatic rings. The van der Waals surface area contributed by atoms with Gasteiger partial charge in [0.15, 0.2) is 5.78 Å². The molecule has 0 radical (unpaired) electrons. The van der Waals surface area contributed by atoms with Crippen molar-refractivity contribution in [3.63, 3.8) is 0 Å². The quantitative estimate of drug-likeness (QED) is 0.223. The summed E-state index contributed by atoms with van der Waals surface area (Å²) in [5.74, 6) is 1.19. The molecule has 28 heavy (non-hydrogen) atoms. The van der Waals surface area contributed by atoms with Gasteiger partial charge in [-0.3, -0.25) is 14.9 Å². The Balaban J connectivity index is 1.67. The topological polar surface area (TPSA) is 82.6 Å². The average Bonchev–Trinajstić information content (AvgIpc) is 3.15. The Morgan fingerprint density at radius 1 is 1.18 bits per heavy atom. The monoisotopic (exact) mass is 397 g/mol. The number of carbonyl (C=O) groups is 1. The molecule has 0 N–H and O–H groups in total. The number of hydrogen-bond acceptors (Lipinski definition) is 5. The molecule has 142 valence electrons. The first kappa shape index (κ1) is 19.4. The van der Waals surface area contributed by atoms with Crippen LogP contribution in [-0.2, 0) is 6.61 Å². The highest BCUT2D eigenvalue weighted by Crippen LogP contribution is 2.26. The molecular weight excluding hydrogens is 382 g/mol. The number of halogens is 1. The van der Waals surface area contributed by atoms with Crippen LogP contribution in [0.4, 0.5) is 5.69 Å². The maximum atomic E-state index is 12.3. The summed E-state index contributed by atoms with van der Waals surface area (Å²) in [4.78, 5) is 22.7. The zero-order valence-electron chi connectivity index (χ0n) is 14.9. The van der Waals surface area contributed by atoms with Gasteiger partial charge >= 0.3 is 0 Å². The third-order valence-corrected chi connectivity index (χ3v) is 4.45. The lowest BCUT2D eigenvalue weighted by Gasteiger charge is -2.08. The van der Waals surface area contributed by atoms with E-state index >= 15 is 0 Å². The number of benzene rings is 2. The van der Waals surface area contributed by atoms with Crippen molar-refractivity contribution < 1.29 is 18.9 Å². The Kier molecular flexibility index (Phi) is 5.91. The molecule has 0 aliphatic heterocycles. The number of hydrogen-bond donors (Lipinski definition) is 0. The number of carbonyl (C=O) groups excluding carboxylic acids is 1. The molecule has 2 aromatic carbocycles. The third kappa shape index (κ3) is 4.47. The molecule has 3 rings (SSSR count). The number of ether oxygens (including phenoxy) is 1. The fraction of sp³-hybridized carbons (Fsp3) is 0.0952. The van der Waals surface area contributed by atoms with Crippen LogP contribution in [0.3, 0.4) is 0 Å². The molecule has 1 aromatic heterocycles. The van der Waals surface area contributed by atoms with Crippen LogP contribution < -0.4 is 4.74 Å². The molecular formula is C21H16ClNO5. The minimum Gasteiger partial charge on any atom is -0.485 e. The molecule has 0 spiro atoms. The minimum atomic E-state index is -0.582. The van der Waals surface area contributed by atoms with Gasteiger partial charge in [-0.05, 0) is 49.4 Å². The van der Waals surface area contributed by atoms with Gasteiger partial charge in [-0.2, -0.15) is 0 Å². The van der Waals surface area contributed by atoms with Gasteiger partial charge in [0.2, 0.25) is 0 Å². The Morgan fingerprint density at radius 2 is 1.96 bits per heavy atom. The predicted octanol–water partition coefficient (Wildman–Crippen LogP) is 5.62. The van der Waals surface area contributed by atoms with Crippen molar-refractivity contribution in [1.29, 1.82) is 0 Å². The zero-order chi connectivity index (χ0) is 20.1. The SMILES string of the molecule is Cc1c(Cl)cccc1OCc1ccc(/C=C/C(=O)c2ccccc2[N+](=O)[O-])o1. The van der Waals surface area contributed by atoms with Crippen LogP contribution in [0.5, 0.6) is 5.75 Å². The number of ketones is 1. The van der Waals surface area contributed by atoms with Crippen LogP contribution in [0.2, 0.25) is 5.02 Å². The fourth-order valence-corrected chi connectivity index (χ4v) is 2.71. The lowest BCUT2D eigenvalue weighted by atomic mass is 10.1. The van der Waals surface area contributed by atoms with Gasteiger partial charge in [0.05, 0.1) is 10.5 Å². The van der Waals surface area contributed by atoms with Crippen molar-refractivity contribution >= 4 is 29.1 Å².